The van der Waals surface area contributed by atoms with E-state index in [0.717, 1.165) is 0 Å². The van der Waals surface area contributed by atoms with Crippen molar-refractivity contribution in [2.24, 2.45) is 5.73 Å². The Bertz CT molecular complexity index is 2280. The second-order valence-corrected chi connectivity index (χ2v) is 16.3. The Hall–Kier alpha value is -5.28. The van der Waals surface area contributed by atoms with Crippen molar-refractivity contribution < 1.29 is 63.7 Å². The zero-order valence-electron chi connectivity index (χ0n) is 32.8. The van der Waals surface area contributed by atoms with Gasteiger partial charge in [-0.25, -0.2) is 0 Å². The van der Waals surface area contributed by atoms with E-state index in [1.165, 1.54) is 30.5 Å². The fourth-order valence-corrected chi connectivity index (χ4v) is 9.56. The first-order chi connectivity index (χ1) is 29.4. The van der Waals surface area contributed by atoms with Crippen molar-refractivity contribution in [3.8, 4) is 11.5 Å². The van der Waals surface area contributed by atoms with E-state index >= 15 is 0 Å². The molecular weight excluding hydrogens is 794 g/mol. The summed E-state index contributed by atoms with van der Waals surface area (Å²) < 4.78 is 25.9. The number of aldehydes is 1. The summed E-state index contributed by atoms with van der Waals surface area (Å²) >= 11 is 0. The predicted octanol–water partition coefficient (Wildman–Crippen LogP) is -0.518. The second kappa shape index (κ2) is 16.2. The molecule has 3 aromatic rings. The van der Waals surface area contributed by atoms with Crippen molar-refractivity contribution in [1.82, 2.24) is 16.0 Å². The molecule has 18 heteroatoms. The number of carbonyl (C=O) groups excluding carboxylic acids is 4. The summed E-state index contributed by atoms with van der Waals surface area (Å²) in [5.41, 5.74) is 6.48. The largest absolute Gasteiger partial charge is 0.492 e. The summed E-state index contributed by atoms with van der Waals surface area (Å²) in [6.45, 7) is -0.751. The second-order valence-electron chi connectivity index (χ2n) is 16.3. The van der Waals surface area contributed by atoms with E-state index in [1.807, 2.05) is 23.1 Å². The number of anilines is 1. The molecule has 1 saturated carbocycles. The molecule has 1 amide bonds. The van der Waals surface area contributed by atoms with Crippen LogP contribution in [0.2, 0.25) is 0 Å². The minimum absolute atomic E-state index is 0.0248. The number of nitrogens with two attached hydrogens (primary N) is 1. The van der Waals surface area contributed by atoms with Crippen molar-refractivity contribution in [1.29, 1.82) is 0 Å². The zero-order chi connectivity index (χ0) is 42.7. The smallest absolute Gasteiger partial charge is 0.242 e. The van der Waals surface area contributed by atoms with Gasteiger partial charge in [-0.1, -0.05) is 24.3 Å². The van der Waals surface area contributed by atoms with Crippen LogP contribution in [0.25, 0.3) is 0 Å². The van der Waals surface area contributed by atoms with Crippen molar-refractivity contribution >= 4 is 29.4 Å². The molecule has 6 aliphatic rings. The lowest BCUT2D eigenvalue weighted by molar-refractivity contribution is -0.304. The molecule has 0 unspecified atom stereocenters. The quantitative estimate of drug-likeness (QED) is 0.101. The van der Waals surface area contributed by atoms with Gasteiger partial charge in [0.25, 0.3) is 0 Å². The number of ketones is 2. The summed E-state index contributed by atoms with van der Waals surface area (Å²) in [5, 5.41) is 64.2. The van der Waals surface area contributed by atoms with Crippen LogP contribution in [-0.4, -0.2) is 123 Å². The number of aliphatic hydroxyl groups excluding tert-OH is 5. The van der Waals surface area contributed by atoms with Gasteiger partial charge in [0.15, 0.2) is 23.1 Å². The molecule has 4 fully saturated rings. The number of nitrogens with zero attached hydrogens (tertiary/aromatic N) is 1. The number of benzene rings is 3. The molecule has 4 heterocycles. The van der Waals surface area contributed by atoms with Gasteiger partial charge in [-0.05, 0) is 67.2 Å². The third kappa shape index (κ3) is 6.97. The molecule has 3 aromatic carbocycles. The number of nitrogens with one attached hydrogen (secondary N) is 3. The molecule has 4 aliphatic heterocycles. The van der Waals surface area contributed by atoms with Crippen LogP contribution in [0.4, 0.5) is 5.69 Å². The standard InChI is InChI=1S/C43H47N5O13/c44-42-46-39-30(40(57)47-42)45-19-48(39)28-6-2-1-5-23(28)22-10-14-59-43(11-3-4-12-43)38-34(55)33(54)35(56)41(61-38)60-36-26(22)16-27-29(37(36)58-18-21(51)9-13-49)32(53)25-15-20(17-50)7-8-24(25)31(27)52/h1-2,5-8,10,13-16,21-22,30,33-35,38-39,41-42,45-46,50-51,54-56H,3-4,9,11-12,17-19,44H2,(H,47,57)/b14-10+/t21-,22+,30-,33-,34-,35+,38-,39+,41+,42+/m1/s1. The summed E-state index contributed by atoms with van der Waals surface area (Å²) in [5.74, 6) is -3.01. The Kier molecular flexibility index (Phi) is 10.9. The Balaban J connectivity index is 1.30. The Morgan fingerprint density at radius 1 is 0.967 bits per heavy atom. The van der Waals surface area contributed by atoms with Crippen molar-refractivity contribution in [2.45, 2.75) is 106 Å². The molecule has 10 atom stereocenters. The van der Waals surface area contributed by atoms with E-state index in [0.29, 0.717) is 48.8 Å². The van der Waals surface area contributed by atoms with Crippen LogP contribution in [0, 0.1) is 0 Å². The number of fused-ring (bicyclic) bond motifs is 7. The average molecular weight is 842 g/mol. The fraction of sp³-hybridized carbons (Fsp3) is 0.442. The van der Waals surface area contributed by atoms with Gasteiger partial charge in [0.2, 0.25) is 12.2 Å². The van der Waals surface area contributed by atoms with E-state index in [9.17, 15) is 44.7 Å². The number of allylic oxidation sites excluding steroid dienone is 1. The maximum absolute atomic E-state index is 14.7. The Labute approximate surface area is 349 Å². The lowest BCUT2D eigenvalue weighted by Crippen LogP contribution is -2.70. The molecule has 10 N–H and O–H groups in total. The minimum Gasteiger partial charge on any atom is -0.492 e. The third-order valence-electron chi connectivity index (χ3n) is 12.6. The molecule has 3 saturated heterocycles. The van der Waals surface area contributed by atoms with Gasteiger partial charge in [-0.15, -0.1) is 0 Å². The summed E-state index contributed by atoms with van der Waals surface area (Å²) in [7, 11) is 0. The highest BCUT2D eigenvalue weighted by molar-refractivity contribution is 6.29. The third-order valence-corrected chi connectivity index (χ3v) is 12.6. The lowest BCUT2D eigenvalue weighted by Gasteiger charge is -2.47. The molecule has 2 aliphatic carbocycles. The monoisotopic (exact) mass is 841 g/mol. The Morgan fingerprint density at radius 2 is 1.75 bits per heavy atom. The number of aliphatic hydroxyl groups is 5. The SMILES string of the molecule is N[C@@H]1NC(=O)[C@@H]2NCN(c3ccccc3[C@@H]3/C=C/OC4(CCCC4)[C@@H]4O[C@H](Oc5c3cc3c(c5OC[C@H](O)CC=O)C(=O)c5cc(CO)ccc5C3=O)[C@@H](O)[C@H](O)[C@H]4O)[C@@H]2N1. The molecule has 322 valence electrons. The van der Waals surface area contributed by atoms with E-state index < -0.39 is 91.6 Å². The van der Waals surface area contributed by atoms with E-state index in [-0.39, 0.29) is 58.3 Å². The molecule has 1 spiro atoms. The highest BCUT2D eigenvalue weighted by Gasteiger charge is 2.56. The van der Waals surface area contributed by atoms with Crippen LogP contribution < -0.4 is 36.1 Å². The van der Waals surface area contributed by atoms with Gasteiger partial charge in [-0.2, -0.15) is 0 Å². The summed E-state index contributed by atoms with van der Waals surface area (Å²) in [6.07, 6.45) is -5.33. The summed E-state index contributed by atoms with van der Waals surface area (Å²) in [6, 6.07) is 12.5. The van der Waals surface area contributed by atoms with Gasteiger partial charge >= 0.3 is 0 Å². The van der Waals surface area contributed by atoms with Gasteiger partial charge in [0.05, 0.1) is 31.2 Å². The number of rotatable bonds is 8. The molecule has 0 radical (unpaired) electrons. The van der Waals surface area contributed by atoms with Gasteiger partial charge in [0.1, 0.15) is 61.4 Å². The van der Waals surface area contributed by atoms with Crippen molar-refractivity contribution in [3.05, 3.63) is 99.8 Å². The topological polar surface area (TPSA) is 272 Å². The maximum atomic E-state index is 14.7. The molecular formula is C43H47N5O13. The highest BCUT2D eigenvalue weighted by atomic mass is 16.7. The first kappa shape index (κ1) is 41.1. The average Bonchev–Trinajstić information content (AvgIpc) is 3.91. The number of carbonyl (C=O) groups is 4. The lowest BCUT2D eigenvalue weighted by atomic mass is 9.79. The maximum Gasteiger partial charge on any atom is 0.242 e. The van der Waals surface area contributed by atoms with Crippen LogP contribution in [-0.2, 0) is 25.7 Å². The van der Waals surface area contributed by atoms with Crippen LogP contribution >= 0.6 is 0 Å². The van der Waals surface area contributed by atoms with Gasteiger partial charge in [-0.3, -0.25) is 30.8 Å². The molecule has 2 bridgehead atoms. The number of hydrogen-bond donors (Lipinski definition) is 9. The van der Waals surface area contributed by atoms with Crippen molar-refractivity contribution in [3.63, 3.8) is 0 Å². The minimum atomic E-state index is -1.85. The molecule has 0 aromatic heterocycles. The molecule has 18 nitrogen and oxygen atoms in total. The van der Waals surface area contributed by atoms with E-state index in [2.05, 4.69) is 16.0 Å². The number of ether oxygens (including phenoxy) is 4. The first-order valence-corrected chi connectivity index (χ1v) is 20.3. The van der Waals surface area contributed by atoms with Gasteiger partial charge in [0, 0.05) is 40.3 Å². The predicted molar refractivity (Wildman–Crippen MR) is 212 cm³/mol. The fourth-order valence-electron chi connectivity index (χ4n) is 9.56. The highest BCUT2D eigenvalue weighted by Crippen LogP contribution is 2.51. The van der Waals surface area contributed by atoms with Crippen LogP contribution in [0.1, 0.15) is 86.6 Å². The zero-order valence-corrected chi connectivity index (χ0v) is 32.8. The van der Waals surface area contributed by atoms with Crippen LogP contribution in [0.3, 0.4) is 0 Å². The number of amides is 1. The van der Waals surface area contributed by atoms with Gasteiger partial charge < -0.3 is 59.5 Å². The normalized spacial score (nSPS) is 31.0. The van der Waals surface area contributed by atoms with Crippen LogP contribution in [0.5, 0.6) is 11.5 Å². The van der Waals surface area contributed by atoms with Crippen LogP contribution in [0.15, 0.2) is 60.9 Å². The van der Waals surface area contributed by atoms with Crippen molar-refractivity contribution in [2.75, 3.05) is 18.2 Å². The molecule has 61 heavy (non-hydrogen) atoms. The number of para-hydroxylation sites is 1. The Morgan fingerprint density at radius 3 is 2.52 bits per heavy atom. The molecule has 9 rings (SSSR count). The van der Waals surface area contributed by atoms with E-state index in [4.69, 9.17) is 24.7 Å². The first-order valence-electron chi connectivity index (χ1n) is 20.3. The summed E-state index contributed by atoms with van der Waals surface area (Å²) in [4.78, 5) is 55.7. The van der Waals surface area contributed by atoms with E-state index in [1.54, 1.807) is 12.1 Å². The number of hydrogen-bond acceptors (Lipinski definition) is 17.